The first-order valence-electron chi connectivity index (χ1n) is 11.2. The average Bonchev–Trinajstić information content (AvgIpc) is 3.31. The third-order valence-corrected chi connectivity index (χ3v) is 7.06. The molecule has 4 aromatic rings. The predicted molar refractivity (Wildman–Crippen MR) is 133 cm³/mol. The lowest BCUT2D eigenvalue weighted by molar-refractivity contribution is -0.121. The van der Waals surface area contributed by atoms with Crippen molar-refractivity contribution in [3.05, 3.63) is 76.8 Å². The number of ether oxygens (including phenoxy) is 1. The van der Waals surface area contributed by atoms with Crippen LogP contribution in [0.1, 0.15) is 36.7 Å². The number of amides is 1. The van der Waals surface area contributed by atoms with Gasteiger partial charge in [0.05, 0.1) is 23.4 Å². The molecule has 7 nitrogen and oxygen atoms in total. The molecule has 8 heteroatoms. The average molecular weight is 474 g/mol. The summed E-state index contributed by atoms with van der Waals surface area (Å²) >= 11 is 1.45. The molecule has 0 radical (unpaired) electrons. The van der Waals surface area contributed by atoms with Crippen molar-refractivity contribution in [2.24, 2.45) is 0 Å². The highest BCUT2D eigenvalue weighted by molar-refractivity contribution is 7.21. The molecule has 1 atom stereocenters. The number of Topliss-reactive ketones (excluding diaryl/α,β-unsaturated/α-hetero) is 1. The van der Waals surface area contributed by atoms with Crippen molar-refractivity contribution in [1.82, 2.24) is 9.55 Å². The van der Waals surface area contributed by atoms with Crippen LogP contribution < -0.4 is 15.2 Å². The van der Waals surface area contributed by atoms with E-state index in [1.54, 1.807) is 30.0 Å². The molecule has 172 valence electrons. The van der Waals surface area contributed by atoms with E-state index in [0.29, 0.717) is 33.8 Å². The predicted octanol–water partition coefficient (Wildman–Crippen LogP) is 4.70. The fourth-order valence-electron chi connectivity index (χ4n) is 4.15. The number of anilines is 1. The van der Waals surface area contributed by atoms with Gasteiger partial charge in [0.15, 0.2) is 12.4 Å². The summed E-state index contributed by atoms with van der Waals surface area (Å²) in [6, 6.07) is 16.0. The normalized spacial score (nSPS) is 14.1. The second-order valence-electron chi connectivity index (χ2n) is 8.21. The molecule has 5 rings (SSSR count). The van der Waals surface area contributed by atoms with Crippen molar-refractivity contribution >= 4 is 38.9 Å². The minimum absolute atomic E-state index is 0.0105. The number of rotatable bonds is 6. The van der Waals surface area contributed by atoms with E-state index in [1.165, 1.54) is 22.2 Å². The van der Waals surface area contributed by atoms with Gasteiger partial charge in [-0.25, -0.2) is 4.98 Å². The number of benzene rings is 2. The first kappa shape index (κ1) is 22.0. The van der Waals surface area contributed by atoms with Gasteiger partial charge in [0.2, 0.25) is 0 Å². The number of carbonyl (C=O) groups is 2. The molecule has 1 amide bonds. The number of thiophene rings is 1. The minimum atomic E-state index is -0.762. The molecule has 1 aliphatic rings. The molecule has 0 spiro atoms. The van der Waals surface area contributed by atoms with Gasteiger partial charge in [-0.05, 0) is 43.2 Å². The van der Waals surface area contributed by atoms with Crippen LogP contribution in [-0.4, -0.2) is 34.4 Å². The van der Waals surface area contributed by atoms with Crippen LogP contribution in [-0.2, 0) is 4.79 Å². The van der Waals surface area contributed by atoms with Crippen LogP contribution in [0.5, 0.6) is 5.75 Å². The van der Waals surface area contributed by atoms with Gasteiger partial charge in [0.1, 0.15) is 10.6 Å². The molecule has 0 saturated heterocycles. The molecular weight excluding hydrogens is 450 g/mol. The van der Waals surface area contributed by atoms with Crippen LogP contribution in [0, 0.1) is 0 Å². The summed E-state index contributed by atoms with van der Waals surface area (Å²) in [6.45, 7) is 4.21. The van der Waals surface area contributed by atoms with Gasteiger partial charge >= 0.3 is 0 Å². The van der Waals surface area contributed by atoms with Crippen molar-refractivity contribution in [1.29, 1.82) is 0 Å². The summed E-state index contributed by atoms with van der Waals surface area (Å²) in [5.74, 6) is 0.202. The summed E-state index contributed by atoms with van der Waals surface area (Å²) in [7, 11) is 0. The molecule has 0 bridgehead atoms. The monoisotopic (exact) mass is 473 g/mol. The largest absolute Gasteiger partial charge is 0.482 e. The zero-order valence-corrected chi connectivity index (χ0v) is 19.7. The Kier molecular flexibility index (Phi) is 5.75. The lowest BCUT2D eigenvalue weighted by atomic mass is 10.0. The summed E-state index contributed by atoms with van der Waals surface area (Å²) in [5.41, 5.74) is 1.76. The molecule has 0 aliphatic carbocycles. The van der Waals surface area contributed by atoms with Crippen LogP contribution >= 0.6 is 11.3 Å². The maximum Gasteiger partial charge on any atom is 0.265 e. The molecule has 0 fully saturated rings. The smallest absolute Gasteiger partial charge is 0.265 e. The quantitative estimate of drug-likeness (QED) is 0.379. The Bertz CT molecular complexity index is 1460. The van der Waals surface area contributed by atoms with Gasteiger partial charge in [-0.3, -0.25) is 19.0 Å². The Balaban J connectivity index is 1.49. The molecule has 3 heterocycles. The van der Waals surface area contributed by atoms with E-state index in [9.17, 15) is 14.4 Å². The van der Waals surface area contributed by atoms with E-state index in [1.807, 2.05) is 43.3 Å². The van der Waals surface area contributed by atoms with Crippen LogP contribution in [0.25, 0.3) is 20.7 Å². The number of hydrogen-bond donors (Lipinski definition) is 0. The van der Waals surface area contributed by atoms with E-state index in [4.69, 9.17) is 4.74 Å². The summed E-state index contributed by atoms with van der Waals surface area (Å²) in [6.07, 6.45) is 2.22. The maximum absolute atomic E-state index is 13.4. The first-order chi connectivity index (χ1) is 16.5. The van der Waals surface area contributed by atoms with Crippen molar-refractivity contribution in [2.75, 3.05) is 18.1 Å². The summed E-state index contributed by atoms with van der Waals surface area (Å²) in [4.78, 5) is 46.6. The van der Waals surface area contributed by atoms with Gasteiger partial charge in [0.25, 0.3) is 11.5 Å². The van der Waals surface area contributed by atoms with E-state index in [-0.39, 0.29) is 23.9 Å². The lowest BCUT2D eigenvalue weighted by Gasteiger charge is -2.29. The third-order valence-electron chi connectivity index (χ3n) is 5.97. The van der Waals surface area contributed by atoms with E-state index in [0.717, 1.165) is 16.9 Å². The lowest BCUT2D eigenvalue weighted by Crippen LogP contribution is -2.39. The first-order valence-corrected chi connectivity index (χ1v) is 12.0. The minimum Gasteiger partial charge on any atom is -0.482 e. The fourth-order valence-corrected chi connectivity index (χ4v) is 5.14. The molecule has 1 unspecified atom stereocenters. The van der Waals surface area contributed by atoms with E-state index < -0.39 is 6.04 Å². The molecular formula is C26H23N3O4S. The van der Waals surface area contributed by atoms with Crippen LogP contribution in [0.2, 0.25) is 0 Å². The van der Waals surface area contributed by atoms with Gasteiger partial charge in [-0.2, -0.15) is 0 Å². The highest BCUT2D eigenvalue weighted by Gasteiger charge is 2.27. The van der Waals surface area contributed by atoms with Gasteiger partial charge in [-0.15, -0.1) is 11.3 Å². The number of carbonyl (C=O) groups excluding carboxylic acids is 2. The molecule has 2 aromatic heterocycles. The Morgan fingerprint density at radius 2 is 1.94 bits per heavy atom. The number of hydrogen-bond acceptors (Lipinski definition) is 6. The van der Waals surface area contributed by atoms with Gasteiger partial charge in [0, 0.05) is 17.0 Å². The standard InChI is InChI=1S/C26H23N3O4S/c1-3-11-28-20-12-18(9-10-21(20)33-14-23(28)30)24(31)16(2)29-15-27-25-19(26(29)32)13-22(34-25)17-7-5-4-6-8-17/h4-10,12-13,15-16H,3,11,14H2,1-2H3. The Labute approximate surface area is 200 Å². The Hall–Kier alpha value is -3.78. The molecule has 1 aliphatic heterocycles. The summed E-state index contributed by atoms with van der Waals surface area (Å²) < 4.78 is 6.90. The number of nitrogens with zero attached hydrogens (tertiary/aromatic N) is 3. The summed E-state index contributed by atoms with van der Waals surface area (Å²) in [5, 5.41) is 0.490. The number of fused-ring (bicyclic) bond motifs is 2. The highest BCUT2D eigenvalue weighted by Crippen LogP contribution is 2.34. The van der Waals surface area contributed by atoms with Crippen molar-refractivity contribution in [3.8, 4) is 16.2 Å². The fraction of sp³-hybridized carbons (Fsp3) is 0.231. The van der Waals surface area contributed by atoms with Gasteiger partial charge in [-0.1, -0.05) is 37.3 Å². The zero-order chi connectivity index (χ0) is 23.8. The Morgan fingerprint density at radius 3 is 2.71 bits per heavy atom. The molecule has 0 saturated carbocycles. The SMILES string of the molecule is CCCN1C(=O)COc2ccc(C(=O)C(C)n3cnc4sc(-c5ccccc5)cc4c3=O)cc21. The zero-order valence-electron chi connectivity index (χ0n) is 18.9. The van der Waals surface area contributed by atoms with E-state index >= 15 is 0 Å². The molecule has 34 heavy (non-hydrogen) atoms. The van der Waals surface area contributed by atoms with Crippen molar-refractivity contribution in [2.45, 2.75) is 26.3 Å². The number of ketones is 1. The maximum atomic E-state index is 13.4. The number of aromatic nitrogens is 2. The third kappa shape index (κ3) is 3.80. The van der Waals surface area contributed by atoms with Crippen LogP contribution in [0.15, 0.2) is 65.7 Å². The van der Waals surface area contributed by atoms with Gasteiger partial charge < -0.3 is 9.64 Å². The molecule has 0 N–H and O–H groups in total. The molecule has 2 aromatic carbocycles. The second-order valence-corrected chi connectivity index (χ2v) is 9.24. The van der Waals surface area contributed by atoms with Crippen molar-refractivity contribution in [3.63, 3.8) is 0 Å². The topological polar surface area (TPSA) is 81.5 Å². The van der Waals surface area contributed by atoms with Crippen LogP contribution in [0.4, 0.5) is 5.69 Å². The van der Waals surface area contributed by atoms with E-state index in [2.05, 4.69) is 4.98 Å². The highest BCUT2D eigenvalue weighted by atomic mass is 32.1. The second kappa shape index (κ2) is 8.87. The van der Waals surface area contributed by atoms with Crippen LogP contribution in [0.3, 0.4) is 0 Å². The van der Waals surface area contributed by atoms with Crippen molar-refractivity contribution < 1.29 is 14.3 Å². The Morgan fingerprint density at radius 1 is 1.15 bits per heavy atom.